The topological polar surface area (TPSA) is 63.0 Å². The maximum absolute atomic E-state index is 8.69. The van der Waals surface area contributed by atoms with Crippen LogP contribution in [0.3, 0.4) is 0 Å². The van der Waals surface area contributed by atoms with Crippen LogP contribution < -0.4 is 5.73 Å². The van der Waals surface area contributed by atoms with Crippen molar-refractivity contribution in [2.24, 2.45) is 0 Å². The quantitative estimate of drug-likeness (QED) is 0.791. The van der Waals surface area contributed by atoms with Gasteiger partial charge < -0.3 is 10.2 Å². The number of anilines is 1. The molecule has 0 saturated carbocycles. The van der Waals surface area contributed by atoms with E-state index in [-0.39, 0.29) is 5.88 Å². The third-order valence-corrected chi connectivity index (χ3v) is 1.94. The number of nitriles is 1. The largest absolute Gasteiger partial charge is 0.440 e. The number of hydrogen-bond donors (Lipinski definition) is 1. The van der Waals surface area contributed by atoms with Crippen molar-refractivity contribution >= 4 is 5.88 Å². The summed E-state index contributed by atoms with van der Waals surface area (Å²) in [4.78, 5) is 0. The molecule has 0 fully saturated rings. The molecule has 0 saturated heterocycles. The lowest BCUT2D eigenvalue weighted by Crippen LogP contribution is -1.82. The number of hydrogen-bond acceptors (Lipinski definition) is 3. The van der Waals surface area contributed by atoms with Crippen molar-refractivity contribution in [1.82, 2.24) is 0 Å². The highest BCUT2D eigenvalue weighted by Crippen LogP contribution is 2.26. The summed E-state index contributed by atoms with van der Waals surface area (Å²) >= 11 is 0. The second kappa shape index (κ2) is 5.62. The average molecular weight is 214 g/mol. The SMILES string of the molecule is CC.N#Cc1cc(-c2ccccc2)oc1N. The van der Waals surface area contributed by atoms with E-state index >= 15 is 0 Å². The first-order chi connectivity index (χ1) is 7.81. The molecule has 0 aliphatic heterocycles. The first kappa shape index (κ1) is 11.9. The first-order valence-corrected chi connectivity index (χ1v) is 5.16. The van der Waals surface area contributed by atoms with Crippen LogP contribution >= 0.6 is 0 Å². The molecule has 3 heteroatoms. The second-order valence-electron chi connectivity index (χ2n) is 2.87. The van der Waals surface area contributed by atoms with Crippen molar-refractivity contribution in [1.29, 1.82) is 5.26 Å². The zero-order valence-electron chi connectivity index (χ0n) is 9.40. The molecular weight excluding hydrogens is 200 g/mol. The van der Waals surface area contributed by atoms with Gasteiger partial charge in [0.1, 0.15) is 17.4 Å². The van der Waals surface area contributed by atoms with Gasteiger partial charge in [-0.1, -0.05) is 44.2 Å². The smallest absolute Gasteiger partial charge is 0.208 e. The molecule has 0 unspecified atom stereocenters. The molecular formula is C13H14N2O. The van der Waals surface area contributed by atoms with E-state index in [0.717, 1.165) is 5.56 Å². The Labute approximate surface area is 95.1 Å². The molecule has 1 aromatic heterocycles. The summed E-state index contributed by atoms with van der Waals surface area (Å²) in [5, 5.41) is 8.69. The first-order valence-electron chi connectivity index (χ1n) is 5.16. The lowest BCUT2D eigenvalue weighted by molar-refractivity contribution is 0.602. The van der Waals surface area contributed by atoms with Gasteiger partial charge in [0.2, 0.25) is 5.88 Å². The van der Waals surface area contributed by atoms with Crippen molar-refractivity contribution < 1.29 is 4.42 Å². The van der Waals surface area contributed by atoms with E-state index in [4.69, 9.17) is 15.4 Å². The van der Waals surface area contributed by atoms with Crippen LogP contribution in [0.15, 0.2) is 40.8 Å². The second-order valence-corrected chi connectivity index (χ2v) is 2.87. The Bertz CT molecular complexity index is 480. The van der Waals surface area contributed by atoms with Crippen LogP contribution in [-0.4, -0.2) is 0 Å². The molecule has 1 aromatic carbocycles. The zero-order valence-corrected chi connectivity index (χ0v) is 9.40. The van der Waals surface area contributed by atoms with Gasteiger partial charge >= 0.3 is 0 Å². The highest BCUT2D eigenvalue weighted by Gasteiger charge is 2.08. The van der Waals surface area contributed by atoms with Crippen LogP contribution in [0.5, 0.6) is 0 Å². The minimum atomic E-state index is 0.173. The lowest BCUT2D eigenvalue weighted by Gasteiger charge is -1.93. The van der Waals surface area contributed by atoms with Gasteiger partial charge in [-0.2, -0.15) is 5.26 Å². The predicted octanol–water partition coefficient (Wildman–Crippen LogP) is 3.43. The fourth-order valence-electron chi connectivity index (χ4n) is 1.24. The van der Waals surface area contributed by atoms with Gasteiger partial charge in [0.15, 0.2) is 0 Å². The fourth-order valence-corrected chi connectivity index (χ4v) is 1.24. The Kier molecular flexibility index (Phi) is 4.16. The molecule has 82 valence electrons. The van der Waals surface area contributed by atoms with Gasteiger partial charge in [-0.05, 0) is 0 Å². The van der Waals surface area contributed by atoms with Crippen molar-refractivity contribution in [2.45, 2.75) is 13.8 Å². The summed E-state index contributed by atoms with van der Waals surface area (Å²) in [5.41, 5.74) is 6.80. The Morgan fingerprint density at radius 1 is 1.19 bits per heavy atom. The number of nitrogens with two attached hydrogens (primary N) is 1. The zero-order chi connectivity index (χ0) is 12.0. The maximum atomic E-state index is 8.69. The third-order valence-electron chi connectivity index (χ3n) is 1.94. The summed E-state index contributed by atoms with van der Waals surface area (Å²) < 4.78 is 5.25. The summed E-state index contributed by atoms with van der Waals surface area (Å²) in [6.45, 7) is 4.00. The van der Waals surface area contributed by atoms with Crippen LogP contribution in [0.2, 0.25) is 0 Å². The summed E-state index contributed by atoms with van der Waals surface area (Å²) in [7, 11) is 0. The Balaban J connectivity index is 0.000000606. The summed E-state index contributed by atoms with van der Waals surface area (Å²) in [6, 6.07) is 13.1. The fraction of sp³-hybridized carbons (Fsp3) is 0.154. The van der Waals surface area contributed by atoms with E-state index in [9.17, 15) is 0 Å². The molecule has 2 rings (SSSR count). The molecule has 2 N–H and O–H groups in total. The molecule has 3 nitrogen and oxygen atoms in total. The van der Waals surface area contributed by atoms with E-state index in [1.165, 1.54) is 0 Å². The van der Waals surface area contributed by atoms with Crippen molar-refractivity contribution in [2.75, 3.05) is 5.73 Å². The molecule has 2 aromatic rings. The minimum absolute atomic E-state index is 0.173. The third kappa shape index (κ3) is 2.43. The summed E-state index contributed by atoms with van der Waals surface area (Å²) in [6.07, 6.45) is 0. The van der Waals surface area contributed by atoms with Crippen molar-refractivity contribution in [3.05, 3.63) is 42.0 Å². The van der Waals surface area contributed by atoms with Crippen LogP contribution in [0.1, 0.15) is 19.4 Å². The van der Waals surface area contributed by atoms with Crippen molar-refractivity contribution in [3.63, 3.8) is 0 Å². The predicted molar refractivity (Wildman–Crippen MR) is 64.6 cm³/mol. The molecule has 0 aliphatic carbocycles. The van der Waals surface area contributed by atoms with Gasteiger partial charge in [0, 0.05) is 11.6 Å². The minimum Gasteiger partial charge on any atom is -0.440 e. The lowest BCUT2D eigenvalue weighted by atomic mass is 10.1. The highest BCUT2D eigenvalue weighted by atomic mass is 16.4. The van der Waals surface area contributed by atoms with Crippen LogP contribution in [0, 0.1) is 11.3 Å². The number of benzene rings is 1. The van der Waals surface area contributed by atoms with Crippen molar-refractivity contribution in [3.8, 4) is 17.4 Å². The van der Waals surface area contributed by atoms with E-state index in [2.05, 4.69) is 0 Å². The van der Waals surface area contributed by atoms with Gasteiger partial charge in [-0.15, -0.1) is 0 Å². The Hall–Kier alpha value is -2.21. The Morgan fingerprint density at radius 3 is 2.31 bits per heavy atom. The normalized spacial score (nSPS) is 8.81. The molecule has 0 amide bonds. The number of rotatable bonds is 1. The standard InChI is InChI=1S/C11H8N2O.C2H6/c12-7-9-6-10(14-11(9)13)8-4-2-1-3-5-8;1-2/h1-6H,13H2;1-2H3. The van der Waals surface area contributed by atoms with Gasteiger partial charge in [-0.25, -0.2) is 0 Å². The van der Waals surface area contributed by atoms with E-state index < -0.39 is 0 Å². The number of furan rings is 1. The van der Waals surface area contributed by atoms with Crippen LogP contribution in [0.4, 0.5) is 5.88 Å². The van der Waals surface area contributed by atoms with E-state index in [1.807, 2.05) is 50.2 Å². The molecule has 1 heterocycles. The van der Waals surface area contributed by atoms with Crippen LogP contribution in [0.25, 0.3) is 11.3 Å². The summed E-state index contributed by atoms with van der Waals surface area (Å²) in [5.74, 6) is 0.797. The monoisotopic (exact) mass is 214 g/mol. The molecule has 0 atom stereocenters. The van der Waals surface area contributed by atoms with E-state index in [0.29, 0.717) is 11.3 Å². The number of nitrogen functional groups attached to an aromatic ring is 1. The molecule has 0 aliphatic rings. The van der Waals surface area contributed by atoms with Crippen LogP contribution in [-0.2, 0) is 0 Å². The van der Waals surface area contributed by atoms with Gasteiger partial charge in [-0.3, -0.25) is 0 Å². The Morgan fingerprint density at radius 2 is 1.81 bits per heavy atom. The molecule has 0 spiro atoms. The van der Waals surface area contributed by atoms with E-state index in [1.54, 1.807) is 6.07 Å². The molecule has 16 heavy (non-hydrogen) atoms. The average Bonchev–Trinajstić information content (AvgIpc) is 2.74. The number of nitrogens with zero attached hydrogens (tertiary/aromatic N) is 1. The molecule has 0 bridgehead atoms. The highest BCUT2D eigenvalue weighted by molar-refractivity contribution is 5.63. The molecule has 0 radical (unpaired) electrons. The van der Waals surface area contributed by atoms with Gasteiger partial charge in [0.05, 0.1) is 0 Å². The maximum Gasteiger partial charge on any atom is 0.208 e. The van der Waals surface area contributed by atoms with Gasteiger partial charge in [0.25, 0.3) is 0 Å².